The second-order valence-corrected chi connectivity index (χ2v) is 6.30. The first-order valence-electron chi connectivity index (χ1n) is 8.59. The average Bonchev–Trinajstić information content (AvgIpc) is 2.94. The van der Waals surface area contributed by atoms with Crippen LogP contribution in [-0.2, 0) is 13.5 Å². The molecule has 0 radical (unpaired) electrons. The molecule has 0 saturated carbocycles. The number of anilines is 1. The molecule has 2 aromatic heterocycles. The van der Waals surface area contributed by atoms with Crippen molar-refractivity contribution < 1.29 is 4.79 Å². The molecule has 3 rings (SSSR count). The Morgan fingerprint density at radius 3 is 2.64 bits per heavy atom. The molecule has 0 aliphatic carbocycles. The summed E-state index contributed by atoms with van der Waals surface area (Å²) in [5.74, 6) is 1.70. The Morgan fingerprint density at radius 1 is 1.24 bits per heavy atom. The molecule has 8 nitrogen and oxygen atoms in total. The number of rotatable bonds is 4. The molecule has 134 valence electrons. The number of hydrogen-bond acceptors (Lipinski definition) is 5. The molecular weight excluding hydrogens is 318 g/mol. The number of nitrogens with one attached hydrogen (secondary N) is 1. The molecule has 1 fully saturated rings. The predicted molar refractivity (Wildman–Crippen MR) is 95.6 cm³/mol. The van der Waals surface area contributed by atoms with Crippen LogP contribution >= 0.6 is 0 Å². The number of piperazine rings is 1. The van der Waals surface area contributed by atoms with Crippen molar-refractivity contribution in [1.29, 1.82) is 0 Å². The van der Waals surface area contributed by atoms with Crippen LogP contribution in [0.2, 0.25) is 0 Å². The summed E-state index contributed by atoms with van der Waals surface area (Å²) in [6, 6.07) is 1.92. The van der Waals surface area contributed by atoms with Gasteiger partial charge in [0, 0.05) is 51.7 Å². The number of aromatic nitrogens is 4. The third kappa shape index (κ3) is 4.07. The van der Waals surface area contributed by atoms with Crippen LogP contribution in [0.5, 0.6) is 0 Å². The molecule has 1 aliphatic rings. The maximum Gasteiger partial charge on any atom is 0.317 e. The lowest BCUT2D eigenvalue weighted by Gasteiger charge is -2.35. The van der Waals surface area contributed by atoms with Gasteiger partial charge in [0.2, 0.25) is 0 Å². The number of aryl methyl sites for hydroxylation is 2. The standard InChI is InChI=1S/C17H25N7O/c1-13-15(12-20-22(13)3)4-6-19-17(25)24-10-8-23(9-11-24)16-5-7-18-14(2)21-16/h5,7,12H,4,6,8-11H2,1-3H3,(H,19,25). The third-order valence-electron chi connectivity index (χ3n) is 4.66. The van der Waals surface area contributed by atoms with Crippen LogP contribution in [0.1, 0.15) is 17.1 Å². The molecule has 3 heterocycles. The fourth-order valence-corrected chi connectivity index (χ4v) is 2.96. The largest absolute Gasteiger partial charge is 0.353 e. The van der Waals surface area contributed by atoms with E-state index in [2.05, 4.69) is 25.3 Å². The van der Waals surface area contributed by atoms with Gasteiger partial charge in [-0.15, -0.1) is 0 Å². The minimum atomic E-state index is 0.0000569. The van der Waals surface area contributed by atoms with E-state index in [4.69, 9.17) is 0 Å². The maximum atomic E-state index is 12.3. The normalized spacial score (nSPS) is 14.7. The zero-order chi connectivity index (χ0) is 17.8. The van der Waals surface area contributed by atoms with Crippen LogP contribution in [0.25, 0.3) is 0 Å². The topological polar surface area (TPSA) is 79.2 Å². The summed E-state index contributed by atoms with van der Waals surface area (Å²) in [6.07, 6.45) is 4.44. The lowest BCUT2D eigenvalue weighted by atomic mass is 10.2. The Balaban J connectivity index is 1.44. The van der Waals surface area contributed by atoms with E-state index >= 15 is 0 Å². The van der Waals surface area contributed by atoms with Gasteiger partial charge in [-0.25, -0.2) is 14.8 Å². The van der Waals surface area contributed by atoms with Crippen LogP contribution in [-0.4, -0.2) is 63.4 Å². The first-order valence-corrected chi connectivity index (χ1v) is 8.59. The van der Waals surface area contributed by atoms with Gasteiger partial charge < -0.3 is 15.1 Å². The second kappa shape index (κ2) is 7.50. The molecule has 25 heavy (non-hydrogen) atoms. The van der Waals surface area contributed by atoms with E-state index in [1.807, 2.05) is 42.7 Å². The van der Waals surface area contributed by atoms with Gasteiger partial charge in [-0.3, -0.25) is 4.68 Å². The Morgan fingerprint density at radius 2 is 2.00 bits per heavy atom. The Kier molecular flexibility index (Phi) is 5.16. The van der Waals surface area contributed by atoms with Gasteiger partial charge in [0.05, 0.1) is 6.20 Å². The lowest BCUT2D eigenvalue weighted by molar-refractivity contribution is 0.194. The first-order chi connectivity index (χ1) is 12.0. The second-order valence-electron chi connectivity index (χ2n) is 6.30. The Labute approximate surface area is 147 Å². The first kappa shape index (κ1) is 17.2. The third-order valence-corrected chi connectivity index (χ3v) is 4.66. The van der Waals surface area contributed by atoms with E-state index in [0.717, 1.165) is 36.8 Å². The smallest absolute Gasteiger partial charge is 0.317 e. The highest BCUT2D eigenvalue weighted by Gasteiger charge is 2.21. The monoisotopic (exact) mass is 343 g/mol. The molecule has 0 unspecified atom stereocenters. The number of carbonyl (C=O) groups is 1. The number of carbonyl (C=O) groups excluding carboxylic acids is 1. The summed E-state index contributed by atoms with van der Waals surface area (Å²) in [5.41, 5.74) is 2.31. The molecule has 2 amide bonds. The van der Waals surface area contributed by atoms with Gasteiger partial charge in [0.15, 0.2) is 0 Å². The van der Waals surface area contributed by atoms with Crippen molar-refractivity contribution in [3.8, 4) is 0 Å². The Bertz CT molecular complexity index is 734. The molecule has 8 heteroatoms. The van der Waals surface area contributed by atoms with Crippen molar-refractivity contribution in [2.24, 2.45) is 7.05 Å². The van der Waals surface area contributed by atoms with Crippen molar-refractivity contribution in [1.82, 2.24) is 30.0 Å². The van der Waals surface area contributed by atoms with Crippen molar-refractivity contribution >= 4 is 11.8 Å². The van der Waals surface area contributed by atoms with Gasteiger partial charge in [0.25, 0.3) is 0 Å². The molecule has 1 N–H and O–H groups in total. The van der Waals surface area contributed by atoms with E-state index in [9.17, 15) is 4.79 Å². The van der Waals surface area contributed by atoms with Crippen molar-refractivity contribution in [3.05, 3.63) is 35.5 Å². The zero-order valence-corrected chi connectivity index (χ0v) is 15.1. The quantitative estimate of drug-likeness (QED) is 0.892. The van der Waals surface area contributed by atoms with Crippen molar-refractivity contribution in [2.75, 3.05) is 37.6 Å². The van der Waals surface area contributed by atoms with Gasteiger partial charge in [-0.1, -0.05) is 0 Å². The number of urea groups is 1. The minimum Gasteiger partial charge on any atom is -0.353 e. The zero-order valence-electron chi connectivity index (χ0n) is 15.1. The van der Waals surface area contributed by atoms with Gasteiger partial charge >= 0.3 is 6.03 Å². The highest BCUT2D eigenvalue weighted by molar-refractivity contribution is 5.74. The number of hydrogen-bond donors (Lipinski definition) is 1. The summed E-state index contributed by atoms with van der Waals surface area (Å²) in [5, 5.41) is 7.23. The van der Waals surface area contributed by atoms with E-state index in [1.54, 1.807) is 6.20 Å². The van der Waals surface area contributed by atoms with Crippen molar-refractivity contribution in [2.45, 2.75) is 20.3 Å². The molecule has 0 spiro atoms. The highest BCUT2D eigenvalue weighted by Crippen LogP contribution is 2.13. The molecule has 0 aromatic carbocycles. The van der Waals surface area contributed by atoms with Crippen LogP contribution in [0, 0.1) is 13.8 Å². The summed E-state index contributed by atoms with van der Waals surface area (Å²) in [7, 11) is 1.93. The number of nitrogens with zero attached hydrogens (tertiary/aromatic N) is 6. The average molecular weight is 343 g/mol. The van der Waals surface area contributed by atoms with Gasteiger partial charge in [0.1, 0.15) is 11.6 Å². The summed E-state index contributed by atoms with van der Waals surface area (Å²) in [4.78, 5) is 25.0. The molecule has 0 atom stereocenters. The molecule has 1 saturated heterocycles. The summed E-state index contributed by atoms with van der Waals surface area (Å²) >= 11 is 0. The van der Waals surface area contributed by atoms with E-state index in [-0.39, 0.29) is 6.03 Å². The van der Waals surface area contributed by atoms with Crippen LogP contribution < -0.4 is 10.2 Å². The van der Waals surface area contributed by atoms with E-state index in [1.165, 1.54) is 5.56 Å². The fraction of sp³-hybridized carbons (Fsp3) is 0.529. The van der Waals surface area contributed by atoms with Crippen LogP contribution in [0.15, 0.2) is 18.5 Å². The molecule has 0 bridgehead atoms. The highest BCUT2D eigenvalue weighted by atomic mass is 16.2. The van der Waals surface area contributed by atoms with Crippen LogP contribution in [0.4, 0.5) is 10.6 Å². The van der Waals surface area contributed by atoms with E-state index in [0.29, 0.717) is 19.6 Å². The summed E-state index contributed by atoms with van der Waals surface area (Å²) < 4.78 is 1.85. The molecular formula is C17H25N7O. The number of amides is 2. The summed E-state index contributed by atoms with van der Waals surface area (Å²) in [6.45, 7) is 7.50. The van der Waals surface area contributed by atoms with E-state index < -0.39 is 0 Å². The van der Waals surface area contributed by atoms with Crippen LogP contribution in [0.3, 0.4) is 0 Å². The Hall–Kier alpha value is -2.64. The fourth-order valence-electron chi connectivity index (χ4n) is 2.96. The SMILES string of the molecule is Cc1nccc(N2CCN(C(=O)NCCc3cnn(C)c3C)CC2)n1. The minimum absolute atomic E-state index is 0.0000569. The maximum absolute atomic E-state index is 12.3. The molecule has 2 aromatic rings. The lowest BCUT2D eigenvalue weighted by Crippen LogP contribution is -2.52. The van der Waals surface area contributed by atoms with Gasteiger partial charge in [-0.05, 0) is 31.9 Å². The van der Waals surface area contributed by atoms with Crippen molar-refractivity contribution in [3.63, 3.8) is 0 Å². The molecule has 1 aliphatic heterocycles. The predicted octanol–water partition coefficient (Wildman–Crippen LogP) is 0.901. The van der Waals surface area contributed by atoms with Gasteiger partial charge in [-0.2, -0.15) is 5.10 Å².